The Bertz CT molecular complexity index is 858. The number of benzene rings is 2. The van der Waals surface area contributed by atoms with Gasteiger partial charge in [-0.15, -0.1) is 23.2 Å². The van der Waals surface area contributed by atoms with Gasteiger partial charge in [0.1, 0.15) is 6.61 Å². The van der Waals surface area contributed by atoms with Crippen molar-refractivity contribution >= 4 is 41.0 Å². The number of aryl methyl sites for hydroxylation is 2. The molecule has 1 amide bonds. The third-order valence-corrected chi connectivity index (χ3v) is 5.46. The van der Waals surface area contributed by atoms with Crippen molar-refractivity contribution in [2.45, 2.75) is 38.8 Å². The van der Waals surface area contributed by atoms with Crippen LogP contribution in [0.25, 0.3) is 0 Å². The van der Waals surface area contributed by atoms with Crippen LogP contribution in [-0.4, -0.2) is 48.1 Å². The van der Waals surface area contributed by atoms with Gasteiger partial charge in [0.2, 0.25) is 0 Å². The van der Waals surface area contributed by atoms with Gasteiger partial charge in [-0.2, -0.15) is 0 Å². The van der Waals surface area contributed by atoms with E-state index in [0.717, 1.165) is 22.4 Å². The molecule has 2 rings (SSSR count). The second-order valence-corrected chi connectivity index (χ2v) is 8.27. The van der Waals surface area contributed by atoms with Crippen LogP contribution in [0, 0.1) is 6.92 Å². The molecule has 0 aliphatic heterocycles. The van der Waals surface area contributed by atoms with E-state index < -0.39 is 18.1 Å². The van der Waals surface area contributed by atoms with E-state index in [-0.39, 0.29) is 13.0 Å². The number of ether oxygens (including phenoxy) is 1. The molecule has 0 aliphatic carbocycles. The largest absolute Gasteiger partial charge is 0.481 e. The van der Waals surface area contributed by atoms with Crippen molar-refractivity contribution in [2.24, 2.45) is 0 Å². The third kappa shape index (κ3) is 8.97. The lowest BCUT2D eigenvalue weighted by Crippen LogP contribution is -2.37. The molecule has 1 atom stereocenters. The number of carbonyl (C=O) groups is 2. The van der Waals surface area contributed by atoms with Crippen LogP contribution < -0.4 is 10.2 Å². The summed E-state index contributed by atoms with van der Waals surface area (Å²) < 4.78 is 5.25. The van der Waals surface area contributed by atoms with Crippen molar-refractivity contribution in [1.29, 1.82) is 0 Å². The molecule has 1 unspecified atom stereocenters. The molecule has 2 N–H and O–H groups in total. The van der Waals surface area contributed by atoms with Crippen molar-refractivity contribution in [3.05, 3.63) is 65.2 Å². The predicted octanol–water partition coefficient (Wildman–Crippen LogP) is 4.98. The Morgan fingerprint density at radius 1 is 1.09 bits per heavy atom. The predicted molar refractivity (Wildman–Crippen MR) is 129 cm³/mol. The minimum absolute atomic E-state index is 0.130. The zero-order valence-electron chi connectivity index (χ0n) is 18.2. The van der Waals surface area contributed by atoms with Crippen LogP contribution in [0.2, 0.25) is 0 Å². The van der Waals surface area contributed by atoms with Crippen molar-refractivity contribution in [2.75, 3.05) is 29.7 Å². The fraction of sp³-hybridized carbons (Fsp3) is 0.417. The summed E-state index contributed by atoms with van der Waals surface area (Å²) in [6.07, 6.45) is 0.291. The van der Waals surface area contributed by atoms with E-state index in [1.54, 1.807) is 0 Å². The van der Waals surface area contributed by atoms with Gasteiger partial charge < -0.3 is 20.1 Å². The average molecular weight is 481 g/mol. The molecule has 0 radical (unpaired) electrons. The fourth-order valence-corrected chi connectivity index (χ4v) is 3.80. The minimum atomic E-state index is -0.973. The lowest BCUT2D eigenvalue weighted by Gasteiger charge is -2.24. The number of halogens is 2. The SMILES string of the molecule is Cc1ccc(N(CCCl)CCCl)cc1CCC(CC(=O)O)NC(=O)OCc1ccccc1. The van der Waals surface area contributed by atoms with Crippen LogP contribution in [0.15, 0.2) is 48.5 Å². The van der Waals surface area contributed by atoms with Crippen molar-refractivity contribution in [3.63, 3.8) is 0 Å². The third-order valence-electron chi connectivity index (χ3n) is 5.12. The Balaban J connectivity index is 2.00. The van der Waals surface area contributed by atoms with E-state index >= 15 is 0 Å². The summed E-state index contributed by atoms with van der Waals surface area (Å²) in [7, 11) is 0. The zero-order valence-corrected chi connectivity index (χ0v) is 19.7. The lowest BCUT2D eigenvalue weighted by molar-refractivity contribution is -0.137. The van der Waals surface area contributed by atoms with E-state index in [1.165, 1.54) is 0 Å². The zero-order chi connectivity index (χ0) is 23.3. The molecule has 32 heavy (non-hydrogen) atoms. The number of carbonyl (C=O) groups excluding carboxylic acids is 1. The highest BCUT2D eigenvalue weighted by atomic mass is 35.5. The molecule has 2 aromatic carbocycles. The van der Waals surface area contributed by atoms with Crippen LogP contribution in [0.5, 0.6) is 0 Å². The maximum absolute atomic E-state index is 12.2. The average Bonchev–Trinajstić information content (AvgIpc) is 2.77. The number of carboxylic acid groups (broad SMARTS) is 1. The number of nitrogens with one attached hydrogen (secondary N) is 1. The molecule has 0 spiro atoms. The number of anilines is 1. The molecule has 0 aliphatic rings. The first-order valence-corrected chi connectivity index (χ1v) is 11.6. The van der Waals surface area contributed by atoms with E-state index in [2.05, 4.69) is 16.3 Å². The van der Waals surface area contributed by atoms with Crippen molar-refractivity contribution < 1.29 is 19.4 Å². The number of alkyl halides is 2. The van der Waals surface area contributed by atoms with Crippen LogP contribution in [-0.2, 0) is 22.6 Å². The summed E-state index contributed by atoms with van der Waals surface area (Å²) >= 11 is 11.8. The molecule has 0 heterocycles. The molecular weight excluding hydrogens is 451 g/mol. The highest BCUT2D eigenvalue weighted by Crippen LogP contribution is 2.22. The number of carboxylic acids is 1. The number of nitrogens with zero attached hydrogens (tertiary/aromatic N) is 1. The number of hydrogen-bond acceptors (Lipinski definition) is 4. The summed E-state index contributed by atoms with van der Waals surface area (Å²) in [4.78, 5) is 25.7. The monoisotopic (exact) mass is 480 g/mol. The second kappa shape index (κ2) is 13.9. The number of hydrogen-bond donors (Lipinski definition) is 2. The Morgan fingerprint density at radius 3 is 2.41 bits per heavy atom. The summed E-state index contributed by atoms with van der Waals surface area (Å²) in [5.74, 6) is 0.0187. The molecule has 174 valence electrons. The highest BCUT2D eigenvalue weighted by molar-refractivity contribution is 6.18. The lowest BCUT2D eigenvalue weighted by atomic mass is 9.98. The molecule has 2 aromatic rings. The van der Waals surface area contributed by atoms with Crippen molar-refractivity contribution in [1.82, 2.24) is 5.32 Å². The molecule has 0 saturated heterocycles. The molecule has 6 nitrogen and oxygen atoms in total. The van der Waals surface area contributed by atoms with E-state index in [1.807, 2.05) is 49.4 Å². The maximum Gasteiger partial charge on any atom is 0.407 e. The standard InChI is InChI=1S/C24H30Cl2N2O4/c1-18-7-10-22(28(13-11-25)14-12-26)15-20(18)8-9-21(16-23(29)30)27-24(31)32-17-19-5-3-2-4-6-19/h2-7,10,15,21H,8-9,11-14,16-17H2,1H3,(H,27,31)(H,29,30). The van der Waals surface area contributed by atoms with Crippen molar-refractivity contribution in [3.8, 4) is 0 Å². The topological polar surface area (TPSA) is 78.9 Å². The van der Waals surface area contributed by atoms with Gasteiger partial charge in [0, 0.05) is 36.6 Å². The van der Waals surface area contributed by atoms with E-state index in [0.29, 0.717) is 37.7 Å². The van der Waals surface area contributed by atoms with Gasteiger partial charge in [0.05, 0.1) is 6.42 Å². The van der Waals surface area contributed by atoms with E-state index in [9.17, 15) is 14.7 Å². The minimum Gasteiger partial charge on any atom is -0.481 e. The van der Waals surface area contributed by atoms with Gasteiger partial charge >= 0.3 is 12.1 Å². The number of aliphatic carboxylic acids is 1. The van der Waals surface area contributed by atoms with Crippen LogP contribution in [0.4, 0.5) is 10.5 Å². The fourth-order valence-electron chi connectivity index (χ4n) is 3.40. The normalized spacial score (nSPS) is 11.6. The first kappa shape index (κ1) is 25.8. The van der Waals surface area contributed by atoms with E-state index in [4.69, 9.17) is 27.9 Å². The first-order valence-electron chi connectivity index (χ1n) is 10.6. The summed E-state index contributed by atoms with van der Waals surface area (Å²) in [6, 6.07) is 14.9. The molecule has 0 aromatic heterocycles. The maximum atomic E-state index is 12.2. The van der Waals surface area contributed by atoms with Gasteiger partial charge in [-0.25, -0.2) is 4.79 Å². The molecular formula is C24H30Cl2N2O4. The number of alkyl carbamates (subject to hydrolysis) is 1. The summed E-state index contributed by atoms with van der Waals surface area (Å²) in [5, 5.41) is 12.0. The molecule has 0 saturated carbocycles. The Kier molecular flexibility index (Phi) is 11.2. The first-order chi connectivity index (χ1) is 15.4. The van der Waals surface area contributed by atoms with Gasteiger partial charge in [0.25, 0.3) is 0 Å². The van der Waals surface area contributed by atoms with Crippen LogP contribution >= 0.6 is 23.2 Å². The smallest absolute Gasteiger partial charge is 0.407 e. The quantitative estimate of drug-likeness (QED) is 0.395. The van der Waals surface area contributed by atoms with Gasteiger partial charge in [-0.05, 0) is 48.6 Å². The van der Waals surface area contributed by atoms with Gasteiger partial charge in [-0.3, -0.25) is 4.79 Å². The second-order valence-electron chi connectivity index (χ2n) is 7.52. The number of rotatable bonds is 13. The van der Waals surface area contributed by atoms with Crippen LogP contribution in [0.1, 0.15) is 29.5 Å². The van der Waals surface area contributed by atoms with Gasteiger partial charge in [0.15, 0.2) is 0 Å². The van der Waals surface area contributed by atoms with Gasteiger partial charge in [-0.1, -0.05) is 36.4 Å². The Morgan fingerprint density at radius 2 is 1.78 bits per heavy atom. The molecule has 0 fully saturated rings. The Hall–Kier alpha value is -2.44. The molecule has 0 bridgehead atoms. The highest BCUT2D eigenvalue weighted by Gasteiger charge is 2.18. The summed E-state index contributed by atoms with van der Waals surface area (Å²) in [5.41, 5.74) is 4.08. The van der Waals surface area contributed by atoms with Crippen LogP contribution in [0.3, 0.4) is 0 Å². The number of amides is 1. The molecule has 8 heteroatoms. The summed E-state index contributed by atoms with van der Waals surface area (Å²) in [6.45, 7) is 3.52. The Labute approximate surface area is 199 Å².